The van der Waals surface area contributed by atoms with Crippen molar-refractivity contribution in [3.63, 3.8) is 0 Å². The fourth-order valence-corrected chi connectivity index (χ4v) is 4.27. The molecule has 0 saturated carbocycles. The summed E-state index contributed by atoms with van der Waals surface area (Å²) in [6.07, 6.45) is 0. The highest BCUT2D eigenvalue weighted by Gasteiger charge is 2.16. The SMILES string of the molecule is Cn1c(-c2ccc(Cl)cc2)c(-c2ccccc2)sc1=NC(=O)c1ccccc1. The van der Waals surface area contributed by atoms with Crippen molar-refractivity contribution in [2.45, 2.75) is 0 Å². The maximum Gasteiger partial charge on any atom is 0.279 e. The van der Waals surface area contributed by atoms with Crippen LogP contribution in [0.2, 0.25) is 5.02 Å². The standard InChI is InChI=1S/C23H17ClN2OS/c1-26-20(16-12-14-19(24)15-13-16)21(17-8-4-2-5-9-17)28-23(26)25-22(27)18-10-6-3-7-11-18/h2-15H,1H3. The van der Waals surface area contributed by atoms with Crippen LogP contribution in [0.4, 0.5) is 0 Å². The zero-order valence-electron chi connectivity index (χ0n) is 15.2. The molecule has 28 heavy (non-hydrogen) atoms. The maximum absolute atomic E-state index is 12.6. The number of thiazole rings is 1. The van der Waals surface area contributed by atoms with Gasteiger partial charge < -0.3 is 4.57 Å². The van der Waals surface area contributed by atoms with Crippen LogP contribution in [0.3, 0.4) is 0 Å². The minimum absolute atomic E-state index is 0.250. The Labute approximate surface area is 172 Å². The first-order valence-electron chi connectivity index (χ1n) is 8.79. The molecule has 0 bridgehead atoms. The molecule has 0 atom stereocenters. The van der Waals surface area contributed by atoms with Crippen molar-refractivity contribution in [2.75, 3.05) is 0 Å². The molecule has 138 valence electrons. The molecule has 4 aromatic rings. The zero-order valence-corrected chi connectivity index (χ0v) is 16.7. The minimum Gasteiger partial charge on any atom is -0.319 e. The Balaban J connectivity index is 1.91. The normalized spacial score (nSPS) is 11.6. The molecular weight excluding hydrogens is 388 g/mol. The van der Waals surface area contributed by atoms with Crippen molar-refractivity contribution in [1.29, 1.82) is 0 Å². The molecule has 0 saturated heterocycles. The van der Waals surface area contributed by atoms with Crippen molar-refractivity contribution < 1.29 is 4.79 Å². The van der Waals surface area contributed by atoms with Crippen molar-refractivity contribution in [3.8, 4) is 21.7 Å². The lowest BCUT2D eigenvalue weighted by Gasteiger charge is -2.07. The Morgan fingerprint density at radius 3 is 2.11 bits per heavy atom. The fourth-order valence-electron chi connectivity index (χ4n) is 3.00. The van der Waals surface area contributed by atoms with Crippen LogP contribution in [-0.2, 0) is 7.05 Å². The number of amides is 1. The number of benzene rings is 3. The zero-order chi connectivity index (χ0) is 19.5. The minimum atomic E-state index is -0.250. The maximum atomic E-state index is 12.6. The number of hydrogen-bond acceptors (Lipinski definition) is 2. The molecule has 3 nitrogen and oxygen atoms in total. The van der Waals surface area contributed by atoms with Crippen molar-refractivity contribution in [2.24, 2.45) is 12.0 Å². The van der Waals surface area contributed by atoms with Crippen molar-refractivity contribution >= 4 is 28.8 Å². The van der Waals surface area contributed by atoms with Crippen LogP contribution in [-0.4, -0.2) is 10.5 Å². The van der Waals surface area contributed by atoms with Gasteiger partial charge in [0.2, 0.25) is 0 Å². The Bertz CT molecular complexity index is 1180. The molecule has 0 aliphatic carbocycles. The van der Waals surface area contributed by atoms with E-state index in [-0.39, 0.29) is 5.91 Å². The van der Waals surface area contributed by atoms with E-state index in [9.17, 15) is 4.79 Å². The van der Waals surface area contributed by atoms with Crippen LogP contribution in [0.15, 0.2) is 89.9 Å². The quantitative estimate of drug-likeness (QED) is 0.424. The molecule has 4 rings (SSSR count). The van der Waals surface area contributed by atoms with E-state index >= 15 is 0 Å². The number of nitrogens with zero attached hydrogens (tertiary/aromatic N) is 2. The summed E-state index contributed by atoms with van der Waals surface area (Å²) >= 11 is 7.57. The summed E-state index contributed by atoms with van der Waals surface area (Å²) in [5, 5.41) is 0.687. The van der Waals surface area contributed by atoms with Gasteiger partial charge in [0, 0.05) is 17.6 Å². The lowest BCUT2D eigenvalue weighted by Crippen LogP contribution is -2.14. The first kappa shape index (κ1) is 18.4. The lowest BCUT2D eigenvalue weighted by molar-refractivity contribution is 0.0998. The van der Waals surface area contributed by atoms with Gasteiger partial charge in [0.25, 0.3) is 5.91 Å². The molecule has 1 aromatic heterocycles. The lowest BCUT2D eigenvalue weighted by atomic mass is 10.1. The highest BCUT2D eigenvalue weighted by Crippen LogP contribution is 2.34. The Morgan fingerprint density at radius 1 is 0.857 bits per heavy atom. The van der Waals surface area contributed by atoms with Crippen LogP contribution in [0.25, 0.3) is 21.7 Å². The predicted molar refractivity (Wildman–Crippen MR) is 116 cm³/mol. The molecule has 0 aliphatic heterocycles. The molecule has 1 heterocycles. The van der Waals surface area contributed by atoms with Crippen LogP contribution < -0.4 is 4.80 Å². The number of halogens is 1. The smallest absolute Gasteiger partial charge is 0.279 e. The van der Waals surface area contributed by atoms with E-state index in [1.807, 2.05) is 72.3 Å². The van der Waals surface area contributed by atoms with Gasteiger partial charge in [-0.25, -0.2) is 0 Å². The summed E-state index contributed by atoms with van der Waals surface area (Å²) in [7, 11) is 1.93. The van der Waals surface area contributed by atoms with E-state index in [4.69, 9.17) is 11.6 Å². The fraction of sp³-hybridized carbons (Fsp3) is 0.0435. The van der Waals surface area contributed by atoms with Crippen molar-refractivity contribution in [3.05, 3.63) is 100 Å². The van der Waals surface area contributed by atoms with Gasteiger partial charge in [-0.15, -0.1) is 0 Å². The summed E-state index contributed by atoms with van der Waals surface area (Å²) < 4.78 is 1.97. The van der Waals surface area contributed by atoms with E-state index in [1.165, 1.54) is 11.3 Å². The van der Waals surface area contributed by atoms with Crippen LogP contribution in [0.1, 0.15) is 10.4 Å². The second kappa shape index (κ2) is 7.97. The van der Waals surface area contributed by atoms with Gasteiger partial charge >= 0.3 is 0 Å². The van der Waals surface area contributed by atoms with Gasteiger partial charge in [0.15, 0.2) is 4.80 Å². The second-order valence-electron chi connectivity index (χ2n) is 6.28. The van der Waals surface area contributed by atoms with E-state index in [1.54, 1.807) is 12.1 Å². The van der Waals surface area contributed by atoms with Gasteiger partial charge in [-0.05, 0) is 35.4 Å². The van der Waals surface area contributed by atoms with Crippen LogP contribution in [0, 0.1) is 0 Å². The monoisotopic (exact) mass is 404 g/mol. The number of aromatic nitrogens is 1. The molecule has 3 aromatic carbocycles. The molecule has 0 radical (unpaired) electrons. The summed E-state index contributed by atoms with van der Waals surface area (Å²) in [6, 6.07) is 27.0. The van der Waals surface area contributed by atoms with E-state index in [0.29, 0.717) is 15.4 Å². The van der Waals surface area contributed by atoms with E-state index < -0.39 is 0 Å². The summed E-state index contributed by atoms with van der Waals surface area (Å²) in [6.45, 7) is 0. The van der Waals surface area contributed by atoms with Crippen molar-refractivity contribution in [1.82, 2.24) is 4.57 Å². The summed E-state index contributed by atoms with van der Waals surface area (Å²) in [5.41, 5.74) is 3.69. The van der Waals surface area contributed by atoms with Gasteiger partial charge in [0.1, 0.15) is 0 Å². The number of hydrogen-bond donors (Lipinski definition) is 0. The van der Waals surface area contributed by atoms with E-state index in [0.717, 1.165) is 21.7 Å². The third-order valence-electron chi connectivity index (χ3n) is 4.40. The van der Waals surface area contributed by atoms with Gasteiger partial charge in [-0.3, -0.25) is 4.79 Å². The molecule has 0 unspecified atom stereocenters. The summed E-state index contributed by atoms with van der Waals surface area (Å²) in [4.78, 5) is 18.7. The molecule has 0 fully saturated rings. The van der Waals surface area contributed by atoms with Crippen LogP contribution >= 0.6 is 22.9 Å². The molecule has 0 N–H and O–H groups in total. The topological polar surface area (TPSA) is 34.4 Å². The molecule has 5 heteroatoms. The summed E-state index contributed by atoms with van der Waals surface area (Å²) in [5.74, 6) is -0.250. The van der Waals surface area contributed by atoms with E-state index in [2.05, 4.69) is 17.1 Å². The highest BCUT2D eigenvalue weighted by atomic mass is 35.5. The Hall–Kier alpha value is -2.95. The van der Waals surface area contributed by atoms with Gasteiger partial charge in [-0.1, -0.05) is 83.6 Å². The first-order valence-corrected chi connectivity index (χ1v) is 9.98. The second-order valence-corrected chi connectivity index (χ2v) is 7.69. The molecule has 0 spiro atoms. The van der Waals surface area contributed by atoms with Gasteiger partial charge in [0.05, 0.1) is 10.6 Å². The third-order valence-corrected chi connectivity index (χ3v) is 5.84. The van der Waals surface area contributed by atoms with Crippen LogP contribution in [0.5, 0.6) is 0 Å². The molecule has 0 aliphatic rings. The first-order chi connectivity index (χ1) is 13.6. The third kappa shape index (κ3) is 3.70. The predicted octanol–water partition coefficient (Wildman–Crippen LogP) is 5.82. The number of rotatable bonds is 3. The highest BCUT2D eigenvalue weighted by molar-refractivity contribution is 7.13. The van der Waals surface area contributed by atoms with Gasteiger partial charge in [-0.2, -0.15) is 4.99 Å². The Morgan fingerprint density at radius 2 is 1.46 bits per heavy atom. The number of carbonyl (C=O) groups excluding carboxylic acids is 1. The number of carbonyl (C=O) groups is 1. The molecular formula is C23H17ClN2OS. The molecule has 1 amide bonds. The average Bonchev–Trinajstić information content (AvgIpc) is 3.06. The average molecular weight is 405 g/mol. The Kier molecular flexibility index (Phi) is 5.24. The largest absolute Gasteiger partial charge is 0.319 e.